The van der Waals surface area contributed by atoms with Gasteiger partial charge in [-0.1, -0.05) is 60.5 Å². The van der Waals surface area contributed by atoms with Gasteiger partial charge in [-0.2, -0.15) is 5.10 Å². The molecule has 0 unspecified atom stereocenters. The van der Waals surface area contributed by atoms with Crippen LogP contribution >= 0.6 is 23.4 Å². The number of carbonyl (C=O) groups excluding carboxylic acids is 2. The maximum absolute atomic E-state index is 13.9. The minimum Gasteiger partial charge on any atom is -0.352 e. The molecule has 2 atom stereocenters. The molecule has 1 aliphatic heterocycles. The molecule has 2 amide bonds. The number of hydrogen-bond donors (Lipinski definition) is 1. The molecule has 5 rings (SSSR count). The molecule has 0 radical (unpaired) electrons. The Bertz CT molecular complexity index is 1520. The van der Waals surface area contributed by atoms with Crippen molar-refractivity contribution in [3.63, 3.8) is 0 Å². The Morgan fingerprint density at radius 3 is 2.42 bits per heavy atom. The number of hydrogen-bond acceptors (Lipinski definition) is 4. The molecule has 2 heterocycles. The van der Waals surface area contributed by atoms with E-state index in [2.05, 4.69) is 5.32 Å². The first-order valence-electron chi connectivity index (χ1n) is 13.2. The standard InChI is InChI=1S/C31H30ClFN4O2S/c1-4-20(3)34-26(38)17-36-27(39)18-40-30(22-9-13-24(33)14-10-22)28-29(21-7-11-23(32)12-8-21)35-37(31(28)36)25-15-5-19(2)6-16-25/h5-16,20,30H,4,17-18H2,1-3H3,(H,34,38)/t20-,30-/m1/s1. The predicted molar refractivity (Wildman–Crippen MR) is 160 cm³/mol. The van der Waals surface area contributed by atoms with Crippen molar-refractivity contribution in [2.45, 2.75) is 38.5 Å². The monoisotopic (exact) mass is 576 g/mol. The Balaban J connectivity index is 1.77. The van der Waals surface area contributed by atoms with E-state index >= 15 is 0 Å². The molecule has 1 aromatic heterocycles. The SMILES string of the molecule is CC[C@@H](C)NC(=O)CN1C(=O)CS[C@H](c2ccc(F)cc2)c2c(-c3ccc(Cl)cc3)nn(-c3ccc(C)cc3)c21. The van der Waals surface area contributed by atoms with E-state index in [1.807, 2.05) is 57.2 Å². The van der Waals surface area contributed by atoms with Crippen molar-refractivity contribution >= 4 is 41.0 Å². The summed E-state index contributed by atoms with van der Waals surface area (Å²) in [6.45, 7) is 5.78. The van der Waals surface area contributed by atoms with Crippen molar-refractivity contribution in [1.29, 1.82) is 0 Å². The zero-order chi connectivity index (χ0) is 28.4. The molecule has 3 aromatic carbocycles. The largest absolute Gasteiger partial charge is 0.352 e. The summed E-state index contributed by atoms with van der Waals surface area (Å²) < 4.78 is 15.7. The molecular formula is C31H30ClFN4O2S. The van der Waals surface area contributed by atoms with Gasteiger partial charge in [-0.25, -0.2) is 9.07 Å². The van der Waals surface area contributed by atoms with Crippen LogP contribution in [0.1, 0.15) is 42.2 Å². The van der Waals surface area contributed by atoms with E-state index in [0.29, 0.717) is 16.5 Å². The highest BCUT2D eigenvalue weighted by Crippen LogP contribution is 2.48. The van der Waals surface area contributed by atoms with Crippen LogP contribution < -0.4 is 10.2 Å². The maximum atomic E-state index is 13.9. The molecule has 40 heavy (non-hydrogen) atoms. The van der Waals surface area contributed by atoms with Crippen molar-refractivity contribution in [2.75, 3.05) is 17.2 Å². The second kappa shape index (κ2) is 11.9. The first-order chi connectivity index (χ1) is 19.2. The summed E-state index contributed by atoms with van der Waals surface area (Å²) in [4.78, 5) is 28.4. The summed E-state index contributed by atoms with van der Waals surface area (Å²) in [6, 6.07) is 21.5. The number of carbonyl (C=O) groups is 2. The van der Waals surface area contributed by atoms with Gasteiger partial charge < -0.3 is 5.32 Å². The van der Waals surface area contributed by atoms with Crippen molar-refractivity contribution in [3.05, 3.63) is 100 Å². The lowest BCUT2D eigenvalue weighted by Gasteiger charge is -2.24. The smallest absolute Gasteiger partial charge is 0.240 e. The Hall–Kier alpha value is -3.62. The zero-order valence-electron chi connectivity index (χ0n) is 22.5. The van der Waals surface area contributed by atoms with Gasteiger partial charge in [0.15, 0.2) is 0 Å². The van der Waals surface area contributed by atoms with E-state index in [1.54, 1.807) is 28.9 Å². The summed E-state index contributed by atoms with van der Waals surface area (Å²) in [7, 11) is 0. The Morgan fingerprint density at radius 2 is 1.77 bits per heavy atom. The number of aryl methyl sites for hydroxylation is 1. The minimum atomic E-state index is -0.341. The minimum absolute atomic E-state index is 0.0259. The number of thioether (sulfide) groups is 1. The molecule has 0 aliphatic carbocycles. The third-order valence-electron chi connectivity index (χ3n) is 6.98. The van der Waals surface area contributed by atoms with Gasteiger partial charge in [0.2, 0.25) is 11.8 Å². The molecule has 4 aromatic rings. The van der Waals surface area contributed by atoms with Crippen LogP contribution in [0, 0.1) is 12.7 Å². The molecule has 0 saturated carbocycles. The quantitative estimate of drug-likeness (QED) is 0.265. The second-order valence-corrected chi connectivity index (χ2v) is 11.5. The van der Waals surface area contributed by atoms with Gasteiger partial charge in [-0.05, 0) is 62.2 Å². The van der Waals surface area contributed by atoms with Gasteiger partial charge in [-0.15, -0.1) is 11.8 Å². The van der Waals surface area contributed by atoms with E-state index in [4.69, 9.17) is 16.7 Å². The Kier molecular flexibility index (Phi) is 8.28. The maximum Gasteiger partial charge on any atom is 0.240 e. The van der Waals surface area contributed by atoms with Gasteiger partial charge in [0.05, 0.1) is 22.4 Å². The topological polar surface area (TPSA) is 67.2 Å². The molecule has 0 bridgehead atoms. The van der Waals surface area contributed by atoms with E-state index in [9.17, 15) is 14.0 Å². The average Bonchev–Trinajstić information content (AvgIpc) is 3.26. The molecule has 6 nitrogen and oxygen atoms in total. The Morgan fingerprint density at radius 1 is 1.10 bits per heavy atom. The van der Waals surface area contributed by atoms with Gasteiger partial charge in [0, 0.05) is 22.2 Å². The highest BCUT2D eigenvalue weighted by molar-refractivity contribution is 8.00. The van der Waals surface area contributed by atoms with Crippen molar-refractivity contribution in [1.82, 2.24) is 15.1 Å². The second-order valence-electron chi connectivity index (χ2n) is 9.94. The van der Waals surface area contributed by atoms with Crippen molar-refractivity contribution < 1.29 is 14.0 Å². The summed E-state index contributed by atoms with van der Waals surface area (Å²) >= 11 is 7.66. The Labute approximate surface area is 242 Å². The number of rotatable bonds is 7. The summed E-state index contributed by atoms with van der Waals surface area (Å²) in [5.74, 6) is -0.122. The number of nitrogens with one attached hydrogen (secondary N) is 1. The average molecular weight is 577 g/mol. The first kappa shape index (κ1) is 27.9. The third-order valence-corrected chi connectivity index (χ3v) is 8.49. The number of halogens is 2. The van der Waals surface area contributed by atoms with Gasteiger partial charge in [0.1, 0.15) is 18.2 Å². The fraction of sp³-hybridized carbons (Fsp3) is 0.258. The van der Waals surface area contributed by atoms with E-state index < -0.39 is 0 Å². The lowest BCUT2D eigenvalue weighted by molar-refractivity contribution is -0.123. The summed E-state index contributed by atoms with van der Waals surface area (Å²) in [6.07, 6.45) is 0.773. The van der Waals surface area contributed by atoms with Crippen LogP contribution in [0.15, 0.2) is 72.8 Å². The number of amides is 2. The lowest BCUT2D eigenvalue weighted by atomic mass is 9.99. The lowest BCUT2D eigenvalue weighted by Crippen LogP contribution is -2.44. The van der Waals surface area contributed by atoms with E-state index in [-0.39, 0.29) is 41.2 Å². The van der Waals surface area contributed by atoms with Crippen LogP contribution in [0.25, 0.3) is 16.9 Å². The molecule has 1 aliphatic rings. The molecule has 1 N–H and O–H groups in total. The molecule has 0 saturated heterocycles. The number of aromatic nitrogens is 2. The highest BCUT2D eigenvalue weighted by Gasteiger charge is 2.37. The van der Waals surface area contributed by atoms with Gasteiger partial charge in [-0.3, -0.25) is 14.5 Å². The van der Waals surface area contributed by atoms with Crippen LogP contribution in [0.5, 0.6) is 0 Å². The molecule has 0 fully saturated rings. The highest BCUT2D eigenvalue weighted by atomic mass is 35.5. The van der Waals surface area contributed by atoms with Crippen LogP contribution in [0.4, 0.5) is 10.2 Å². The van der Waals surface area contributed by atoms with Crippen molar-refractivity contribution in [2.24, 2.45) is 0 Å². The zero-order valence-corrected chi connectivity index (χ0v) is 24.1. The molecule has 0 spiro atoms. The van der Waals surface area contributed by atoms with Gasteiger partial charge in [0.25, 0.3) is 0 Å². The third kappa shape index (κ3) is 5.78. The predicted octanol–water partition coefficient (Wildman–Crippen LogP) is 6.72. The summed E-state index contributed by atoms with van der Waals surface area (Å²) in [5.41, 5.74) is 4.94. The van der Waals surface area contributed by atoms with Crippen LogP contribution in [0.2, 0.25) is 5.02 Å². The fourth-order valence-electron chi connectivity index (χ4n) is 4.67. The number of fused-ring (bicyclic) bond motifs is 1. The summed E-state index contributed by atoms with van der Waals surface area (Å²) in [5, 5.41) is 8.29. The molecular weight excluding hydrogens is 547 g/mol. The molecule has 206 valence electrons. The van der Waals surface area contributed by atoms with E-state index in [0.717, 1.165) is 34.4 Å². The normalized spacial score (nSPS) is 15.9. The van der Waals surface area contributed by atoms with Gasteiger partial charge >= 0.3 is 0 Å². The number of nitrogens with zero attached hydrogens (tertiary/aromatic N) is 3. The number of benzene rings is 3. The van der Waals surface area contributed by atoms with E-state index in [1.165, 1.54) is 28.8 Å². The fourth-order valence-corrected chi connectivity index (χ4v) is 6.00. The first-order valence-corrected chi connectivity index (χ1v) is 14.6. The number of anilines is 1. The van der Waals surface area contributed by atoms with Crippen LogP contribution in [-0.4, -0.2) is 39.9 Å². The molecule has 9 heteroatoms. The van der Waals surface area contributed by atoms with Crippen LogP contribution in [0.3, 0.4) is 0 Å². The van der Waals surface area contributed by atoms with Crippen LogP contribution in [-0.2, 0) is 9.59 Å². The van der Waals surface area contributed by atoms with Crippen molar-refractivity contribution in [3.8, 4) is 16.9 Å².